The Morgan fingerprint density at radius 1 is 1.50 bits per heavy atom. The van der Waals surface area contributed by atoms with E-state index in [1.54, 1.807) is 11.8 Å². The first-order valence-corrected chi connectivity index (χ1v) is 8.34. The lowest BCUT2D eigenvalue weighted by atomic mass is 10.3. The van der Waals surface area contributed by atoms with Crippen LogP contribution in [-0.2, 0) is 0 Å². The second-order valence-electron chi connectivity index (χ2n) is 4.05. The van der Waals surface area contributed by atoms with E-state index in [1.807, 2.05) is 11.7 Å². The van der Waals surface area contributed by atoms with E-state index in [2.05, 4.69) is 41.2 Å². The predicted molar refractivity (Wildman–Crippen MR) is 86.4 cm³/mol. The Labute approximate surface area is 138 Å². The van der Waals surface area contributed by atoms with Gasteiger partial charge >= 0.3 is 0 Å². The van der Waals surface area contributed by atoms with Gasteiger partial charge in [0.2, 0.25) is 5.82 Å². The smallest absolute Gasteiger partial charge is 0.202 e. The van der Waals surface area contributed by atoms with Crippen molar-refractivity contribution in [2.24, 2.45) is 4.99 Å². The van der Waals surface area contributed by atoms with Crippen LogP contribution in [0.25, 0.3) is 0 Å². The van der Waals surface area contributed by atoms with Gasteiger partial charge in [0.25, 0.3) is 0 Å². The van der Waals surface area contributed by atoms with E-state index >= 15 is 0 Å². The van der Waals surface area contributed by atoms with Crippen molar-refractivity contribution < 1.29 is 14.2 Å². The average molecular weight is 390 g/mol. The Bertz CT molecular complexity index is 667. The summed E-state index contributed by atoms with van der Waals surface area (Å²) in [6.07, 6.45) is 1.98. The fourth-order valence-electron chi connectivity index (χ4n) is 1.55. The summed E-state index contributed by atoms with van der Waals surface area (Å²) in [7, 11) is 0. The summed E-state index contributed by atoms with van der Waals surface area (Å²) in [6.45, 7) is 0.654. The van der Waals surface area contributed by atoms with Gasteiger partial charge in [-0.3, -0.25) is 10.7 Å². The molecule has 2 aromatic rings. The van der Waals surface area contributed by atoms with Crippen LogP contribution >= 0.6 is 27.7 Å². The van der Waals surface area contributed by atoms with E-state index in [1.165, 1.54) is 18.2 Å². The van der Waals surface area contributed by atoms with Gasteiger partial charge in [-0.05, 0) is 50.7 Å². The number of hydrogen-bond donors (Lipinski definition) is 3. The number of hydrogen-bond acceptors (Lipinski definition) is 7. The number of amidine groups is 1. The molecule has 0 aliphatic carbocycles. The SMILES string of the molecule is CSCCNc1nonc1C(=Nc1ccc(F)cc1Br)NO. The van der Waals surface area contributed by atoms with Crippen LogP contribution in [0.4, 0.5) is 15.9 Å². The molecule has 0 unspecified atom stereocenters. The van der Waals surface area contributed by atoms with Gasteiger partial charge in [-0.25, -0.2) is 14.0 Å². The van der Waals surface area contributed by atoms with Crippen LogP contribution in [0.15, 0.2) is 32.3 Å². The number of nitrogens with one attached hydrogen (secondary N) is 2. The van der Waals surface area contributed by atoms with Gasteiger partial charge in [-0.2, -0.15) is 11.8 Å². The first-order chi connectivity index (χ1) is 10.7. The summed E-state index contributed by atoms with van der Waals surface area (Å²) in [4.78, 5) is 4.18. The summed E-state index contributed by atoms with van der Waals surface area (Å²) >= 11 is 4.87. The Balaban J connectivity index is 2.28. The quantitative estimate of drug-likeness (QED) is 0.302. The molecular weight excluding hydrogens is 377 g/mol. The zero-order chi connectivity index (χ0) is 15.9. The number of anilines is 1. The minimum Gasteiger partial charge on any atom is -0.364 e. The van der Waals surface area contributed by atoms with Crippen molar-refractivity contribution in [3.63, 3.8) is 0 Å². The van der Waals surface area contributed by atoms with Gasteiger partial charge < -0.3 is 5.32 Å². The van der Waals surface area contributed by atoms with Crippen molar-refractivity contribution in [1.82, 2.24) is 15.8 Å². The van der Waals surface area contributed by atoms with Crippen molar-refractivity contribution in [2.45, 2.75) is 0 Å². The van der Waals surface area contributed by atoms with Crippen LogP contribution in [0.3, 0.4) is 0 Å². The molecule has 0 radical (unpaired) electrons. The second kappa shape index (κ2) is 8.11. The minimum atomic E-state index is -0.396. The molecule has 3 N–H and O–H groups in total. The number of thioether (sulfide) groups is 1. The highest BCUT2D eigenvalue weighted by atomic mass is 79.9. The largest absolute Gasteiger partial charge is 0.364 e. The molecule has 0 fully saturated rings. The van der Waals surface area contributed by atoms with Gasteiger partial charge in [0.1, 0.15) is 5.82 Å². The summed E-state index contributed by atoms with van der Waals surface area (Å²) < 4.78 is 18.2. The Hall–Kier alpha value is -1.65. The highest BCUT2D eigenvalue weighted by Crippen LogP contribution is 2.26. The Kier molecular flexibility index (Phi) is 6.16. The van der Waals surface area contributed by atoms with Crippen LogP contribution in [-0.4, -0.2) is 39.9 Å². The monoisotopic (exact) mass is 389 g/mol. The van der Waals surface area contributed by atoms with Crippen LogP contribution in [0.1, 0.15) is 5.69 Å². The molecule has 7 nitrogen and oxygen atoms in total. The third-order valence-electron chi connectivity index (χ3n) is 2.56. The maximum Gasteiger partial charge on any atom is 0.202 e. The lowest BCUT2D eigenvalue weighted by molar-refractivity contribution is 0.234. The van der Waals surface area contributed by atoms with Gasteiger partial charge in [-0.15, -0.1) is 0 Å². The summed E-state index contributed by atoms with van der Waals surface area (Å²) in [5, 5.41) is 19.8. The molecular formula is C12H13BrFN5O2S. The first kappa shape index (κ1) is 16.7. The van der Waals surface area contributed by atoms with E-state index in [-0.39, 0.29) is 11.5 Å². The molecule has 2 rings (SSSR count). The van der Waals surface area contributed by atoms with Crippen LogP contribution in [0.2, 0.25) is 0 Å². The highest BCUT2D eigenvalue weighted by Gasteiger charge is 2.16. The molecule has 0 saturated carbocycles. The molecule has 0 saturated heterocycles. The van der Waals surface area contributed by atoms with Gasteiger partial charge in [0.05, 0.1) is 5.69 Å². The summed E-state index contributed by atoms with van der Waals surface area (Å²) in [5.41, 5.74) is 2.59. The van der Waals surface area contributed by atoms with E-state index < -0.39 is 5.82 Å². The average Bonchev–Trinajstić information content (AvgIpc) is 2.95. The number of aliphatic imine (C=N–C) groups is 1. The van der Waals surface area contributed by atoms with E-state index in [0.29, 0.717) is 22.5 Å². The number of aromatic nitrogens is 2. The van der Waals surface area contributed by atoms with E-state index in [0.717, 1.165) is 5.75 Å². The zero-order valence-electron chi connectivity index (χ0n) is 11.5. The fourth-order valence-corrected chi connectivity index (χ4v) is 2.30. The molecule has 1 aromatic carbocycles. The van der Waals surface area contributed by atoms with Crippen LogP contribution < -0.4 is 10.8 Å². The lowest BCUT2D eigenvalue weighted by Gasteiger charge is -2.05. The predicted octanol–water partition coefficient (Wildman–Crippen LogP) is 2.80. The lowest BCUT2D eigenvalue weighted by Crippen LogP contribution is -2.22. The maximum atomic E-state index is 13.1. The molecule has 118 valence electrons. The number of rotatable bonds is 6. The normalized spacial score (nSPS) is 11.5. The summed E-state index contributed by atoms with van der Waals surface area (Å²) in [6, 6.07) is 3.99. The molecule has 0 aliphatic rings. The maximum absolute atomic E-state index is 13.1. The van der Waals surface area contributed by atoms with E-state index in [9.17, 15) is 9.60 Å². The van der Waals surface area contributed by atoms with Gasteiger partial charge in [0.15, 0.2) is 11.5 Å². The zero-order valence-corrected chi connectivity index (χ0v) is 13.9. The summed E-state index contributed by atoms with van der Waals surface area (Å²) in [5.74, 6) is 0.856. The highest BCUT2D eigenvalue weighted by molar-refractivity contribution is 9.10. The molecule has 1 aromatic heterocycles. The second-order valence-corrected chi connectivity index (χ2v) is 5.89. The van der Waals surface area contributed by atoms with Gasteiger partial charge in [0, 0.05) is 16.8 Å². The number of hydroxylamine groups is 1. The molecule has 10 heteroatoms. The molecule has 1 heterocycles. The number of benzene rings is 1. The first-order valence-electron chi connectivity index (χ1n) is 6.15. The topological polar surface area (TPSA) is 95.6 Å². The number of halogens is 2. The van der Waals surface area contributed by atoms with Crippen LogP contribution in [0, 0.1) is 5.82 Å². The third-order valence-corrected chi connectivity index (χ3v) is 3.81. The van der Waals surface area contributed by atoms with Crippen molar-refractivity contribution in [2.75, 3.05) is 23.9 Å². The van der Waals surface area contributed by atoms with Crippen LogP contribution in [0.5, 0.6) is 0 Å². The molecule has 22 heavy (non-hydrogen) atoms. The minimum absolute atomic E-state index is 0.0280. The van der Waals surface area contributed by atoms with E-state index in [4.69, 9.17) is 0 Å². The standard InChI is InChI=1S/C12H13BrFN5O2S/c1-22-5-4-15-11-10(18-21-19-11)12(17-20)16-9-3-2-7(14)6-8(9)13/h2-3,6,20H,4-5H2,1H3,(H,15,19)(H,16,17). The molecule has 0 amide bonds. The molecule has 0 bridgehead atoms. The van der Waals surface area contributed by atoms with Crippen molar-refractivity contribution in [3.8, 4) is 0 Å². The Morgan fingerprint density at radius 2 is 2.32 bits per heavy atom. The fraction of sp³-hybridized carbons (Fsp3) is 0.250. The molecule has 0 aliphatic heterocycles. The van der Waals surface area contributed by atoms with Crippen molar-refractivity contribution in [1.29, 1.82) is 0 Å². The van der Waals surface area contributed by atoms with Crippen molar-refractivity contribution in [3.05, 3.63) is 34.2 Å². The third kappa shape index (κ3) is 4.18. The Morgan fingerprint density at radius 3 is 3.00 bits per heavy atom. The number of nitrogens with zero attached hydrogens (tertiary/aromatic N) is 3. The van der Waals surface area contributed by atoms with Crippen molar-refractivity contribution >= 4 is 45.0 Å². The molecule has 0 atom stereocenters. The van der Waals surface area contributed by atoms with Gasteiger partial charge in [-0.1, -0.05) is 0 Å². The molecule has 0 spiro atoms.